The number of nitrogens with zero attached hydrogens (tertiary/aromatic N) is 2. The number of carbonyl (C=O) groups excluding carboxylic acids is 1. The Morgan fingerprint density at radius 3 is 2.53 bits per heavy atom. The minimum atomic E-state index is 0.0866. The van der Waals surface area contributed by atoms with Gasteiger partial charge in [-0.3, -0.25) is 9.69 Å². The number of benzene rings is 2. The molecule has 3 rings (SSSR count). The molecule has 1 heterocycles. The normalized spacial score (nSPS) is 14.5. The van der Waals surface area contributed by atoms with Crippen LogP contribution in [0.25, 0.3) is 0 Å². The zero-order valence-corrected chi connectivity index (χ0v) is 12.1. The monoisotopic (exact) mass is 316 g/mol. The van der Waals surface area contributed by atoms with Crippen LogP contribution in [0, 0.1) is 0 Å². The van der Waals surface area contributed by atoms with E-state index < -0.39 is 0 Å². The van der Waals surface area contributed by atoms with Crippen molar-refractivity contribution in [1.82, 2.24) is 0 Å². The summed E-state index contributed by atoms with van der Waals surface area (Å²) in [6, 6.07) is 15.7. The van der Waals surface area contributed by atoms with Crippen molar-refractivity contribution in [3.05, 3.63) is 53.0 Å². The minimum Gasteiger partial charge on any atom is -0.364 e. The van der Waals surface area contributed by atoms with Gasteiger partial charge in [0.1, 0.15) is 0 Å². The van der Waals surface area contributed by atoms with Crippen molar-refractivity contribution in [1.29, 1.82) is 0 Å². The van der Waals surface area contributed by atoms with Crippen molar-refractivity contribution < 1.29 is 4.79 Å². The van der Waals surface area contributed by atoms with Gasteiger partial charge in [-0.05, 0) is 30.3 Å². The van der Waals surface area contributed by atoms with Gasteiger partial charge >= 0.3 is 0 Å². The van der Waals surface area contributed by atoms with Crippen LogP contribution in [-0.4, -0.2) is 19.5 Å². The largest absolute Gasteiger partial charge is 0.364 e. The molecule has 2 aromatic rings. The van der Waals surface area contributed by atoms with Gasteiger partial charge < -0.3 is 4.90 Å². The number of rotatable bonds is 1. The predicted octanol–water partition coefficient (Wildman–Crippen LogP) is 3.56. The van der Waals surface area contributed by atoms with E-state index in [0.29, 0.717) is 6.54 Å². The molecule has 2 aromatic carbocycles. The summed E-state index contributed by atoms with van der Waals surface area (Å²) in [7, 11) is 1.94. The van der Waals surface area contributed by atoms with Crippen LogP contribution in [0.1, 0.15) is 0 Å². The Bertz CT molecular complexity index is 627. The molecule has 0 saturated carbocycles. The number of fused-ring (bicyclic) bond motifs is 1. The van der Waals surface area contributed by atoms with Crippen LogP contribution < -0.4 is 9.80 Å². The van der Waals surface area contributed by atoms with Gasteiger partial charge in [0.05, 0.1) is 17.9 Å². The quantitative estimate of drug-likeness (QED) is 0.803. The molecule has 1 aliphatic heterocycles. The maximum Gasteiger partial charge on any atom is 0.251 e. The lowest BCUT2D eigenvalue weighted by Gasteiger charge is -2.35. The van der Waals surface area contributed by atoms with Gasteiger partial charge in [-0.25, -0.2) is 0 Å². The molecule has 0 fully saturated rings. The number of carbonyl (C=O) groups is 1. The van der Waals surface area contributed by atoms with Crippen molar-refractivity contribution in [2.24, 2.45) is 0 Å². The standard InChI is InChI=1S/C15H13BrN2O/c1-17-10-15(19)18(12-5-3-2-4-6-12)13-8-7-11(16)9-14(13)17/h2-9H,10H2,1H3. The lowest BCUT2D eigenvalue weighted by Crippen LogP contribution is -2.41. The summed E-state index contributed by atoms with van der Waals surface area (Å²) in [4.78, 5) is 16.1. The maximum atomic E-state index is 12.3. The van der Waals surface area contributed by atoms with Crippen LogP contribution >= 0.6 is 15.9 Å². The fourth-order valence-corrected chi connectivity index (χ4v) is 2.69. The summed E-state index contributed by atoms with van der Waals surface area (Å²) < 4.78 is 1.01. The van der Waals surface area contributed by atoms with Crippen molar-refractivity contribution in [2.75, 3.05) is 23.4 Å². The van der Waals surface area contributed by atoms with Gasteiger partial charge in [0, 0.05) is 17.2 Å². The fourth-order valence-electron chi connectivity index (χ4n) is 2.34. The average Bonchev–Trinajstić information content (AvgIpc) is 2.41. The third-order valence-electron chi connectivity index (χ3n) is 3.23. The van der Waals surface area contributed by atoms with E-state index in [1.54, 1.807) is 4.90 Å². The SMILES string of the molecule is CN1CC(=O)N(c2ccccc2)c2ccc(Br)cc21. The summed E-state index contributed by atoms with van der Waals surface area (Å²) in [5, 5.41) is 0. The van der Waals surface area contributed by atoms with Crippen molar-refractivity contribution in [3.63, 3.8) is 0 Å². The third kappa shape index (κ3) is 2.12. The summed E-state index contributed by atoms with van der Waals surface area (Å²) in [6.07, 6.45) is 0. The number of anilines is 3. The molecule has 0 spiro atoms. The molecule has 96 valence electrons. The fraction of sp³-hybridized carbons (Fsp3) is 0.133. The van der Waals surface area contributed by atoms with Gasteiger partial charge in [-0.1, -0.05) is 34.1 Å². The van der Waals surface area contributed by atoms with Crippen molar-refractivity contribution in [2.45, 2.75) is 0 Å². The highest BCUT2D eigenvalue weighted by Gasteiger charge is 2.28. The number of likely N-dealkylation sites (N-methyl/N-ethyl adjacent to an activating group) is 1. The Labute approximate surface area is 120 Å². The van der Waals surface area contributed by atoms with E-state index in [0.717, 1.165) is 21.5 Å². The van der Waals surface area contributed by atoms with Crippen LogP contribution in [0.3, 0.4) is 0 Å². The zero-order chi connectivity index (χ0) is 13.4. The minimum absolute atomic E-state index is 0.0866. The first kappa shape index (κ1) is 12.2. The first-order valence-electron chi connectivity index (χ1n) is 6.05. The molecule has 0 N–H and O–H groups in total. The lowest BCUT2D eigenvalue weighted by molar-refractivity contribution is -0.116. The highest BCUT2D eigenvalue weighted by molar-refractivity contribution is 9.10. The predicted molar refractivity (Wildman–Crippen MR) is 81.0 cm³/mol. The van der Waals surface area contributed by atoms with Crippen LogP contribution in [0.15, 0.2) is 53.0 Å². The highest BCUT2D eigenvalue weighted by atomic mass is 79.9. The molecule has 19 heavy (non-hydrogen) atoms. The van der Waals surface area contributed by atoms with Gasteiger partial charge in [-0.2, -0.15) is 0 Å². The number of halogens is 1. The van der Waals surface area contributed by atoms with E-state index in [1.807, 2.05) is 60.5 Å². The Hall–Kier alpha value is -1.81. The molecular formula is C15H13BrN2O. The zero-order valence-electron chi connectivity index (χ0n) is 10.5. The summed E-state index contributed by atoms with van der Waals surface area (Å²) in [5.74, 6) is 0.0866. The average molecular weight is 317 g/mol. The Kier molecular flexibility index (Phi) is 3.03. The molecule has 0 aromatic heterocycles. The van der Waals surface area contributed by atoms with E-state index >= 15 is 0 Å². The van der Waals surface area contributed by atoms with E-state index in [1.165, 1.54) is 0 Å². The van der Waals surface area contributed by atoms with Gasteiger partial charge in [0.25, 0.3) is 5.91 Å². The Balaban J connectivity index is 2.16. The number of hydrogen-bond donors (Lipinski definition) is 0. The maximum absolute atomic E-state index is 12.3. The second kappa shape index (κ2) is 4.70. The first-order valence-corrected chi connectivity index (χ1v) is 6.85. The highest BCUT2D eigenvalue weighted by Crippen LogP contribution is 2.38. The molecule has 4 heteroatoms. The van der Waals surface area contributed by atoms with Gasteiger partial charge in [0.2, 0.25) is 0 Å². The summed E-state index contributed by atoms with van der Waals surface area (Å²) in [5.41, 5.74) is 2.88. The van der Waals surface area contributed by atoms with Crippen molar-refractivity contribution in [3.8, 4) is 0 Å². The van der Waals surface area contributed by atoms with Crippen LogP contribution in [0.5, 0.6) is 0 Å². The van der Waals surface area contributed by atoms with Crippen LogP contribution in [0.2, 0.25) is 0 Å². The molecule has 3 nitrogen and oxygen atoms in total. The van der Waals surface area contributed by atoms with Gasteiger partial charge in [-0.15, -0.1) is 0 Å². The summed E-state index contributed by atoms with van der Waals surface area (Å²) in [6.45, 7) is 0.387. The molecule has 0 aliphatic carbocycles. The Morgan fingerprint density at radius 2 is 1.79 bits per heavy atom. The lowest BCUT2D eigenvalue weighted by atomic mass is 10.1. The molecule has 0 atom stereocenters. The molecule has 0 radical (unpaired) electrons. The van der Waals surface area contributed by atoms with E-state index in [9.17, 15) is 4.79 Å². The smallest absolute Gasteiger partial charge is 0.251 e. The van der Waals surface area contributed by atoms with Crippen LogP contribution in [0.4, 0.5) is 17.1 Å². The molecule has 1 amide bonds. The summed E-state index contributed by atoms with van der Waals surface area (Å²) >= 11 is 3.48. The molecule has 1 aliphatic rings. The topological polar surface area (TPSA) is 23.6 Å². The van der Waals surface area contributed by atoms with E-state index in [-0.39, 0.29) is 5.91 Å². The van der Waals surface area contributed by atoms with Crippen molar-refractivity contribution >= 4 is 38.9 Å². The number of para-hydroxylation sites is 1. The van der Waals surface area contributed by atoms with E-state index in [4.69, 9.17) is 0 Å². The molecule has 0 bridgehead atoms. The second-order valence-electron chi connectivity index (χ2n) is 4.55. The van der Waals surface area contributed by atoms with Crippen LogP contribution in [-0.2, 0) is 4.79 Å². The number of hydrogen-bond acceptors (Lipinski definition) is 2. The second-order valence-corrected chi connectivity index (χ2v) is 5.47. The molecule has 0 saturated heterocycles. The molecule has 0 unspecified atom stereocenters. The van der Waals surface area contributed by atoms with Gasteiger partial charge in [0.15, 0.2) is 0 Å². The number of amides is 1. The Morgan fingerprint density at radius 1 is 1.05 bits per heavy atom. The first-order chi connectivity index (χ1) is 9.16. The van der Waals surface area contributed by atoms with E-state index in [2.05, 4.69) is 15.9 Å². The third-order valence-corrected chi connectivity index (χ3v) is 3.72. The molecular weight excluding hydrogens is 304 g/mol.